The fourth-order valence-corrected chi connectivity index (χ4v) is 2.06. The molecule has 0 aromatic rings. The fourth-order valence-electron chi connectivity index (χ4n) is 1.10. The Hall–Kier alpha value is -0.750. The molecule has 6 heteroatoms. The Bertz CT molecular complexity index is 263. The molecule has 86 valence electrons. The summed E-state index contributed by atoms with van der Waals surface area (Å²) < 4.78 is 4.67. The number of hydrogen-bond acceptors (Lipinski definition) is 5. The van der Waals surface area contributed by atoms with Gasteiger partial charge in [0.25, 0.3) is 0 Å². The molecule has 0 bridgehead atoms. The van der Waals surface area contributed by atoms with Gasteiger partial charge in [-0.1, -0.05) is 0 Å². The zero-order valence-electron chi connectivity index (χ0n) is 8.99. The van der Waals surface area contributed by atoms with E-state index >= 15 is 0 Å². The molecule has 0 spiro atoms. The number of rotatable bonds is 4. The highest BCUT2D eigenvalue weighted by Crippen LogP contribution is 2.12. The molecule has 0 saturated carbocycles. The Morgan fingerprint density at radius 1 is 1.67 bits per heavy atom. The van der Waals surface area contributed by atoms with Gasteiger partial charge in [-0.2, -0.15) is 11.8 Å². The predicted octanol–water partition coefficient (Wildman–Crippen LogP) is 0.436. The number of amides is 2. The number of hydrogen-bond donors (Lipinski definition) is 1. The highest BCUT2D eigenvalue weighted by Gasteiger charge is 2.28. The molecule has 1 fully saturated rings. The van der Waals surface area contributed by atoms with Crippen LogP contribution < -0.4 is 5.73 Å². The van der Waals surface area contributed by atoms with E-state index < -0.39 is 6.09 Å². The standard InChI is InChI=1S/C9H16N2O3S/c1-9(2,10)6-15-5-7(12)11-3-4-14-8(11)13/h3-6,10H2,1-2H3. The summed E-state index contributed by atoms with van der Waals surface area (Å²) in [7, 11) is 0. The van der Waals surface area contributed by atoms with Crippen LogP contribution in [0, 0.1) is 0 Å². The summed E-state index contributed by atoms with van der Waals surface area (Å²) in [6.07, 6.45) is -0.535. The topological polar surface area (TPSA) is 72.6 Å². The molecule has 0 aromatic carbocycles. The smallest absolute Gasteiger partial charge is 0.416 e. The Morgan fingerprint density at radius 3 is 2.80 bits per heavy atom. The summed E-state index contributed by atoms with van der Waals surface area (Å²) in [6, 6.07) is 0. The van der Waals surface area contributed by atoms with E-state index in [1.807, 2.05) is 13.8 Å². The van der Waals surface area contributed by atoms with E-state index in [0.29, 0.717) is 18.9 Å². The van der Waals surface area contributed by atoms with Gasteiger partial charge in [-0.3, -0.25) is 4.79 Å². The van der Waals surface area contributed by atoms with E-state index in [2.05, 4.69) is 4.74 Å². The third-order valence-electron chi connectivity index (χ3n) is 1.76. The van der Waals surface area contributed by atoms with E-state index in [1.54, 1.807) is 0 Å². The van der Waals surface area contributed by atoms with Crippen molar-refractivity contribution in [2.24, 2.45) is 5.73 Å². The van der Waals surface area contributed by atoms with Crippen molar-refractivity contribution in [3.63, 3.8) is 0 Å². The Morgan fingerprint density at radius 2 is 2.33 bits per heavy atom. The lowest BCUT2D eigenvalue weighted by molar-refractivity contribution is -0.124. The van der Waals surface area contributed by atoms with Crippen LogP contribution in [0.3, 0.4) is 0 Å². The predicted molar refractivity (Wildman–Crippen MR) is 58.7 cm³/mol. The lowest BCUT2D eigenvalue weighted by Gasteiger charge is -2.18. The van der Waals surface area contributed by atoms with Gasteiger partial charge in [0.1, 0.15) is 6.61 Å². The number of carbonyl (C=O) groups excluding carboxylic acids is 2. The lowest BCUT2D eigenvalue weighted by atomic mass is 10.1. The minimum atomic E-state index is -0.535. The van der Waals surface area contributed by atoms with Crippen LogP contribution >= 0.6 is 11.8 Å². The van der Waals surface area contributed by atoms with Gasteiger partial charge in [0.05, 0.1) is 12.3 Å². The van der Waals surface area contributed by atoms with Crippen LogP contribution in [0.15, 0.2) is 0 Å². The van der Waals surface area contributed by atoms with Gasteiger partial charge in [0.15, 0.2) is 0 Å². The molecule has 15 heavy (non-hydrogen) atoms. The van der Waals surface area contributed by atoms with Gasteiger partial charge in [-0.25, -0.2) is 9.69 Å². The number of thioether (sulfide) groups is 1. The van der Waals surface area contributed by atoms with Crippen molar-refractivity contribution in [1.82, 2.24) is 4.90 Å². The van der Waals surface area contributed by atoms with Crippen LogP contribution in [0.5, 0.6) is 0 Å². The molecule has 1 rings (SSSR count). The number of cyclic esters (lactones) is 1. The minimum Gasteiger partial charge on any atom is -0.447 e. The van der Waals surface area contributed by atoms with Gasteiger partial charge in [-0.05, 0) is 13.8 Å². The average molecular weight is 232 g/mol. The molecule has 5 nitrogen and oxygen atoms in total. The zero-order valence-corrected chi connectivity index (χ0v) is 9.80. The van der Waals surface area contributed by atoms with Crippen LogP contribution in [-0.2, 0) is 9.53 Å². The van der Waals surface area contributed by atoms with Gasteiger partial charge in [-0.15, -0.1) is 0 Å². The zero-order chi connectivity index (χ0) is 11.5. The lowest BCUT2D eigenvalue weighted by Crippen LogP contribution is -2.37. The van der Waals surface area contributed by atoms with Crippen molar-refractivity contribution in [3.05, 3.63) is 0 Å². The largest absolute Gasteiger partial charge is 0.447 e. The summed E-state index contributed by atoms with van der Waals surface area (Å²) in [6.45, 7) is 4.46. The van der Waals surface area contributed by atoms with E-state index in [4.69, 9.17) is 5.73 Å². The summed E-state index contributed by atoms with van der Waals surface area (Å²) >= 11 is 1.43. The van der Waals surface area contributed by atoms with Gasteiger partial charge >= 0.3 is 6.09 Å². The van der Waals surface area contributed by atoms with Crippen molar-refractivity contribution in [2.75, 3.05) is 24.7 Å². The van der Waals surface area contributed by atoms with E-state index in [1.165, 1.54) is 11.8 Å². The highest BCUT2D eigenvalue weighted by molar-refractivity contribution is 8.00. The van der Waals surface area contributed by atoms with Gasteiger partial charge in [0, 0.05) is 11.3 Å². The maximum atomic E-state index is 11.5. The number of carbonyl (C=O) groups is 2. The quantitative estimate of drug-likeness (QED) is 0.761. The number of nitrogens with zero attached hydrogens (tertiary/aromatic N) is 1. The molecule has 2 N–H and O–H groups in total. The Kier molecular flexibility index (Phi) is 3.98. The maximum Gasteiger partial charge on any atom is 0.416 e. The second-order valence-electron chi connectivity index (χ2n) is 4.14. The van der Waals surface area contributed by atoms with Crippen molar-refractivity contribution in [3.8, 4) is 0 Å². The molecule has 0 radical (unpaired) electrons. The summed E-state index contributed by atoms with van der Waals surface area (Å²) in [4.78, 5) is 23.7. The maximum absolute atomic E-state index is 11.5. The molecule has 1 saturated heterocycles. The number of nitrogens with two attached hydrogens (primary N) is 1. The number of ether oxygens (including phenoxy) is 1. The Labute approximate surface area is 93.3 Å². The number of imide groups is 1. The summed E-state index contributed by atoms with van der Waals surface area (Å²) in [5.41, 5.74) is 5.47. The first-order valence-electron chi connectivity index (χ1n) is 4.74. The molecule has 1 aliphatic heterocycles. The van der Waals surface area contributed by atoms with Gasteiger partial charge < -0.3 is 10.5 Å². The monoisotopic (exact) mass is 232 g/mol. The molecule has 0 atom stereocenters. The second-order valence-corrected chi connectivity index (χ2v) is 5.13. The average Bonchev–Trinajstić information content (AvgIpc) is 2.48. The van der Waals surface area contributed by atoms with Crippen molar-refractivity contribution in [1.29, 1.82) is 0 Å². The molecule has 2 amide bonds. The van der Waals surface area contributed by atoms with Crippen LogP contribution in [0.1, 0.15) is 13.8 Å². The second kappa shape index (κ2) is 4.85. The Balaban J connectivity index is 2.27. The van der Waals surface area contributed by atoms with E-state index in [0.717, 1.165) is 4.90 Å². The molecular formula is C9H16N2O3S. The molecule has 0 unspecified atom stereocenters. The first kappa shape index (κ1) is 12.3. The third-order valence-corrected chi connectivity index (χ3v) is 3.16. The van der Waals surface area contributed by atoms with Crippen LogP contribution in [-0.4, -0.2) is 47.1 Å². The third kappa shape index (κ3) is 4.09. The molecule has 0 aliphatic carbocycles. The summed E-state index contributed by atoms with van der Waals surface area (Å²) in [5.74, 6) is 0.754. The molecular weight excluding hydrogens is 216 g/mol. The van der Waals surface area contributed by atoms with Crippen molar-refractivity contribution in [2.45, 2.75) is 19.4 Å². The first-order valence-corrected chi connectivity index (χ1v) is 5.89. The fraction of sp³-hybridized carbons (Fsp3) is 0.778. The highest BCUT2D eigenvalue weighted by atomic mass is 32.2. The van der Waals surface area contributed by atoms with Crippen LogP contribution in [0.2, 0.25) is 0 Å². The van der Waals surface area contributed by atoms with E-state index in [-0.39, 0.29) is 17.2 Å². The van der Waals surface area contributed by atoms with Crippen LogP contribution in [0.4, 0.5) is 4.79 Å². The van der Waals surface area contributed by atoms with Gasteiger partial charge in [0.2, 0.25) is 5.91 Å². The van der Waals surface area contributed by atoms with Crippen molar-refractivity contribution < 1.29 is 14.3 Å². The van der Waals surface area contributed by atoms with E-state index in [9.17, 15) is 9.59 Å². The molecule has 1 heterocycles. The SMILES string of the molecule is CC(C)(N)CSCC(=O)N1CCOC1=O. The summed E-state index contributed by atoms with van der Waals surface area (Å²) in [5, 5.41) is 0. The normalized spacial score (nSPS) is 16.7. The van der Waals surface area contributed by atoms with Crippen molar-refractivity contribution >= 4 is 23.8 Å². The molecule has 0 aromatic heterocycles. The van der Waals surface area contributed by atoms with Crippen LogP contribution in [0.25, 0.3) is 0 Å². The first-order chi connectivity index (χ1) is 6.90. The minimum absolute atomic E-state index is 0.202. The molecule has 1 aliphatic rings.